The Kier molecular flexibility index (Phi) is 4.39. The molecule has 0 heterocycles. The van der Waals surface area contributed by atoms with Crippen molar-refractivity contribution in [3.63, 3.8) is 0 Å². The third-order valence-corrected chi connectivity index (χ3v) is 2.93. The second-order valence-electron chi connectivity index (χ2n) is 4.33. The highest BCUT2D eigenvalue weighted by Gasteiger charge is 2.09. The summed E-state index contributed by atoms with van der Waals surface area (Å²) in [7, 11) is 0. The first-order chi connectivity index (χ1) is 9.22. The fourth-order valence-electron chi connectivity index (χ4n) is 2.01. The summed E-state index contributed by atoms with van der Waals surface area (Å²) in [5.74, 6) is 0.212. The summed E-state index contributed by atoms with van der Waals surface area (Å²) < 4.78 is 0. The lowest BCUT2D eigenvalue weighted by Gasteiger charge is -2.12. The summed E-state index contributed by atoms with van der Waals surface area (Å²) in [6.45, 7) is 1.27. The standard InChI is InChI=1S/C15H18N2O2/c16-12-5-6-15(19)14(9-12)13-4-2-1-3-11(13)10-17-7-8-18/h1-6,9,17-19H,7-8,10,16H2. The van der Waals surface area contributed by atoms with Gasteiger partial charge in [-0.2, -0.15) is 0 Å². The summed E-state index contributed by atoms with van der Waals surface area (Å²) in [4.78, 5) is 0. The van der Waals surface area contributed by atoms with Gasteiger partial charge >= 0.3 is 0 Å². The predicted octanol–water partition coefficient (Wildman–Crippen LogP) is 1.72. The van der Waals surface area contributed by atoms with Gasteiger partial charge in [0.25, 0.3) is 0 Å². The second kappa shape index (κ2) is 6.22. The van der Waals surface area contributed by atoms with Crippen LogP contribution in [0.2, 0.25) is 0 Å². The number of phenolic OH excluding ortho intramolecular Hbond substituents is 1. The zero-order valence-electron chi connectivity index (χ0n) is 10.6. The molecule has 0 atom stereocenters. The average Bonchev–Trinajstić information content (AvgIpc) is 2.42. The molecule has 0 aliphatic heterocycles. The molecule has 2 rings (SSSR count). The fourth-order valence-corrected chi connectivity index (χ4v) is 2.01. The van der Waals surface area contributed by atoms with Crippen LogP contribution in [0.1, 0.15) is 5.56 Å². The summed E-state index contributed by atoms with van der Waals surface area (Å²) in [6.07, 6.45) is 0. The van der Waals surface area contributed by atoms with Gasteiger partial charge in [0.2, 0.25) is 0 Å². The molecule has 4 nitrogen and oxygen atoms in total. The van der Waals surface area contributed by atoms with Crippen molar-refractivity contribution in [2.75, 3.05) is 18.9 Å². The predicted molar refractivity (Wildman–Crippen MR) is 76.7 cm³/mol. The van der Waals surface area contributed by atoms with Crippen molar-refractivity contribution in [3.05, 3.63) is 48.0 Å². The summed E-state index contributed by atoms with van der Waals surface area (Å²) in [5, 5.41) is 21.9. The Bertz CT molecular complexity index is 556. The van der Waals surface area contributed by atoms with E-state index in [1.807, 2.05) is 24.3 Å². The molecule has 0 radical (unpaired) electrons. The Morgan fingerprint density at radius 3 is 2.63 bits per heavy atom. The van der Waals surface area contributed by atoms with Crippen LogP contribution in [0, 0.1) is 0 Å². The van der Waals surface area contributed by atoms with Gasteiger partial charge in [-0.3, -0.25) is 0 Å². The topological polar surface area (TPSA) is 78.5 Å². The van der Waals surface area contributed by atoms with Crippen molar-refractivity contribution in [2.45, 2.75) is 6.54 Å². The van der Waals surface area contributed by atoms with Crippen molar-refractivity contribution in [1.29, 1.82) is 0 Å². The van der Waals surface area contributed by atoms with Crippen LogP contribution in [0.15, 0.2) is 42.5 Å². The van der Waals surface area contributed by atoms with E-state index in [1.165, 1.54) is 0 Å². The zero-order valence-corrected chi connectivity index (χ0v) is 10.6. The molecular formula is C15H18N2O2. The molecular weight excluding hydrogens is 240 g/mol. The number of anilines is 1. The molecule has 0 aromatic heterocycles. The molecule has 19 heavy (non-hydrogen) atoms. The van der Waals surface area contributed by atoms with Crippen LogP contribution in [0.25, 0.3) is 11.1 Å². The Morgan fingerprint density at radius 2 is 1.84 bits per heavy atom. The Labute approximate surface area is 112 Å². The first-order valence-electron chi connectivity index (χ1n) is 6.20. The van der Waals surface area contributed by atoms with E-state index in [0.29, 0.717) is 18.8 Å². The van der Waals surface area contributed by atoms with Crippen molar-refractivity contribution in [3.8, 4) is 16.9 Å². The number of phenols is 1. The number of nitrogen functional groups attached to an aromatic ring is 1. The van der Waals surface area contributed by atoms with Crippen LogP contribution in [-0.2, 0) is 6.54 Å². The highest BCUT2D eigenvalue weighted by molar-refractivity contribution is 5.75. The van der Waals surface area contributed by atoms with Crippen molar-refractivity contribution in [2.24, 2.45) is 0 Å². The van der Waals surface area contributed by atoms with Gasteiger partial charge in [0.15, 0.2) is 0 Å². The molecule has 0 bridgehead atoms. The Balaban J connectivity index is 2.35. The number of aliphatic hydroxyl groups is 1. The minimum absolute atomic E-state index is 0.103. The SMILES string of the molecule is Nc1ccc(O)c(-c2ccccc2CNCCO)c1. The highest BCUT2D eigenvalue weighted by atomic mass is 16.3. The summed E-state index contributed by atoms with van der Waals surface area (Å²) in [6, 6.07) is 12.8. The number of aromatic hydroxyl groups is 1. The van der Waals surface area contributed by atoms with Gasteiger partial charge in [0.1, 0.15) is 5.75 Å². The molecule has 0 spiro atoms. The lowest BCUT2D eigenvalue weighted by atomic mass is 9.98. The summed E-state index contributed by atoms with van der Waals surface area (Å²) >= 11 is 0. The van der Waals surface area contributed by atoms with Gasteiger partial charge in [0, 0.05) is 24.3 Å². The van der Waals surface area contributed by atoms with Gasteiger partial charge in [-0.1, -0.05) is 24.3 Å². The monoisotopic (exact) mass is 258 g/mol. The highest BCUT2D eigenvalue weighted by Crippen LogP contribution is 2.33. The van der Waals surface area contributed by atoms with Gasteiger partial charge in [-0.05, 0) is 29.3 Å². The van der Waals surface area contributed by atoms with E-state index in [9.17, 15) is 5.11 Å². The molecule has 2 aromatic carbocycles. The van der Waals surface area contributed by atoms with E-state index in [1.54, 1.807) is 18.2 Å². The molecule has 0 saturated heterocycles. The molecule has 5 N–H and O–H groups in total. The van der Waals surface area contributed by atoms with E-state index in [0.717, 1.165) is 16.7 Å². The molecule has 100 valence electrons. The maximum atomic E-state index is 9.97. The van der Waals surface area contributed by atoms with Crippen molar-refractivity contribution in [1.82, 2.24) is 5.32 Å². The van der Waals surface area contributed by atoms with Crippen molar-refractivity contribution >= 4 is 5.69 Å². The molecule has 2 aromatic rings. The van der Waals surface area contributed by atoms with Crippen LogP contribution >= 0.6 is 0 Å². The third kappa shape index (κ3) is 3.24. The Hall–Kier alpha value is -2.04. The second-order valence-corrected chi connectivity index (χ2v) is 4.33. The smallest absolute Gasteiger partial charge is 0.123 e. The largest absolute Gasteiger partial charge is 0.507 e. The summed E-state index contributed by atoms with van der Waals surface area (Å²) in [5.41, 5.74) is 9.11. The van der Waals surface area contributed by atoms with Crippen LogP contribution in [0.5, 0.6) is 5.75 Å². The molecule has 0 aliphatic rings. The van der Waals surface area contributed by atoms with E-state index >= 15 is 0 Å². The maximum absolute atomic E-state index is 9.97. The first-order valence-corrected chi connectivity index (χ1v) is 6.20. The maximum Gasteiger partial charge on any atom is 0.123 e. The zero-order chi connectivity index (χ0) is 13.7. The minimum atomic E-state index is 0.103. The van der Waals surface area contributed by atoms with Gasteiger partial charge in [-0.25, -0.2) is 0 Å². The quantitative estimate of drug-likeness (QED) is 0.374. The number of nitrogens with two attached hydrogens (primary N) is 1. The van der Waals surface area contributed by atoms with Crippen LogP contribution in [-0.4, -0.2) is 23.4 Å². The Morgan fingerprint density at radius 1 is 1.05 bits per heavy atom. The molecule has 4 heteroatoms. The van der Waals surface area contributed by atoms with Crippen molar-refractivity contribution < 1.29 is 10.2 Å². The molecule has 0 aliphatic carbocycles. The number of rotatable bonds is 5. The molecule has 0 unspecified atom stereocenters. The van der Waals surface area contributed by atoms with Gasteiger partial charge in [0.05, 0.1) is 6.61 Å². The van der Waals surface area contributed by atoms with Crippen LogP contribution in [0.3, 0.4) is 0 Å². The van der Waals surface area contributed by atoms with E-state index < -0.39 is 0 Å². The van der Waals surface area contributed by atoms with Gasteiger partial charge < -0.3 is 21.3 Å². The lowest BCUT2D eigenvalue weighted by molar-refractivity contribution is 0.292. The lowest BCUT2D eigenvalue weighted by Crippen LogP contribution is -2.17. The van der Waals surface area contributed by atoms with E-state index in [-0.39, 0.29) is 12.4 Å². The third-order valence-electron chi connectivity index (χ3n) is 2.93. The van der Waals surface area contributed by atoms with Crippen LogP contribution in [0.4, 0.5) is 5.69 Å². The molecule has 0 saturated carbocycles. The molecule has 0 amide bonds. The van der Waals surface area contributed by atoms with E-state index in [2.05, 4.69) is 5.32 Å². The molecule has 0 fully saturated rings. The number of benzene rings is 2. The van der Waals surface area contributed by atoms with E-state index in [4.69, 9.17) is 10.8 Å². The minimum Gasteiger partial charge on any atom is -0.507 e. The normalized spacial score (nSPS) is 10.6. The van der Waals surface area contributed by atoms with Crippen LogP contribution < -0.4 is 11.1 Å². The number of hydrogen-bond acceptors (Lipinski definition) is 4. The number of aliphatic hydroxyl groups excluding tert-OH is 1. The van der Waals surface area contributed by atoms with Gasteiger partial charge in [-0.15, -0.1) is 0 Å². The number of nitrogens with one attached hydrogen (secondary N) is 1. The fraction of sp³-hybridized carbons (Fsp3) is 0.200. The average molecular weight is 258 g/mol. The number of hydrogen-bond donors (Lipinski definition) is 4. The first kappa shape index (κ1) is 13.4.